The highest BCUT2D eigenvalue weighted by atomic mass is 35.5. The molecule has 20 heavy (non-hydrogen) atoms. The monoisotopic (exact) mass is 293 g/mol. The number of amides is 3. The minimum atomic E-state index is -0.222. The Hall–Kier alpha value is -1.75. The lowest BCUT2D eigenvalue weighted by Gasteiger charge is -2.17. The first-order valence-electron chi connectivity index (χ1n) is 6.66. The van der Waals surface area contributed by atoms with Gasteiger partial charge in [-0.05, 0) is 31.0 Å². The van der Waals surface area contributed by atoms with Crippen LogP contribution in [0.4, 0.5) is 16.2 Å². The summed E-state index contributed by atoms with van der Waals surface area (Å²) < 4.78 is 0. The van der Waals surface area contributed by atoms with E-state index in [1.807, 2.05) is 6.92 Å². The standard InChI is InChI=1S/C14H16ClN3O2/c1-14(4-5-14)12(19)17-9-2-3-11(10(15)8-9)18-7-6-16-13(18)20/h2-3,8H,4-7H2,1H3,(H,16,20)(H,17,19). The number of urea groups is 1. The molecule has 5 nitrogen and oxygen atoms in total. The highest BCUT2D eigenvalue weighted by Gasteiger charge is 2.44. The van der Waals surface area contributed by atoms with Crippen LogP contribution in [0.3, 0.4) is 0 Å². The Balaban J connectivity index is 1.77. The molecule has 3 rings (SSSR count). The summed E-state index contributed by atoms with van der Waals surface area (Å²) in [5.74, 6) is 0.0280. The molecule has 0 spiro atoms. The fraction of sp³-hybridized carbons (Fsp3) is 0.429. The van der Waals surface area contributed by atoms with Crippen molar-refractivity contribution in [2.75, 3.05) is 23.3 Å². The van der Waals surface area contributed by atoms with Crippen molar-refractivity contribution in [3.8, 4) is 0 Å². The molecule has 1 saturated heterocycles. The van der Waals surface area contributed by atoms with E-state index in [2.05, 4.69) is 10.6 Å². The molecule has 2 fully saturated rings. The summed E-state index contributed by atoms with van der Waals surface area (Å²) in [5.41, 5.74) is 1.11. The Kier molecular flexibility index (Phi) is 3.09. The van der Waals surface area contributed by atoms with Gasteiger partial charge in [0.15, 0.2) is 0 Å². The van der Waals surface area contributed by atoms with E-state index in [9.17, 15) is 9.59 Å². The molecule has 1 aromatic rings. The van der Waals surface area contributed by atoms with E-state index in [1.165, 1.54) is 0 Å². The van der Waals surface area contributed by atoms with Gasteiger partial charge in [-0.2, -0.15) is 0 Å². The second-order valence-electron chi connectivity index (χ2n) is 5.56. The highest BCUT2D eigenvalue weighted by Crippen LogP contribution is 2.45. The van der Waals surface area contributed by atoms with Crippen LogP contribution >= 0.6 is 11.6 Å². The number of benzene rings is 1. The number of carbonyl (C=O) groups is 2. The third kappa shape index (κ3) is 2.33. The molecule has 1 aromatic carbocycles. The van der Waals surface area contributed by atoms with Gasteiger partial charge < -0.3 is 10.6 Å². The van der Waals surface area contributed by atoms with Crippen molar-refractivity contribution in [2.24, 2.45) is 5.41 Å². The van der Waals surface area contributed by atoms with E-state index in [0.717, 1.165) is 12.8 Å². The lowest BCUT2D eigenvalue weighted by molar-refractivity contribution is -0.120. The van der Waals surface area contributed by atoms with Gasteiger partial charge in [-0.1, -0.05) is 18.5 Å². The number of rotatable bonds is 3. The van der Waals surface area contributed by atoms with Crippen LogP contribution in [-0.2, 0) is 4.79 Å². The van der Waals surface area contributed by atoms with Crippen molar-refractivity contribution in [3.05, 3.63) is 23.2 Å². The third-order valence-corrected chi connectivity index (χ3v) is 4.20. The number of anilines is 2. The fourth-order valence-corrected chi connectivity index (χ4v) is 2.48. The molecule has 6 heteroatoms. The lowest BCUT2D eigenvalue weighted by atomic mass is 10.1. The van der Waals surface area contributed by atoms with Gasteiger partial charge >= 0.3 is 6.03 Å². The molecule has 1 aliphatic heterocycles. The van der Waals surface area contributed by atoms with Gasteiger partial charge in [0.1, 0.15) is 0 Å². The Labute approximate surface area is 122 Å². The summed E-state index contributed by atoms with van der Waals surface area (Å²) in [6.07, 6.45) is 1.86. The van der Waals surface area contributed by atoms with Crippen molar-refractivity contribution in [1.29, 1.82) is 0 Å². The summed E-state index contributed by atoms with van der Waals surface area (Å²) in [7, 11) is 0. The van der Waals surface area contributed by atoms with Crippen molar-refractivity contribution < 1.29 is 9.59 Å². The fourth-order valence-electron chi connectivity index (χ4n) is 2.20. The van der Waals surface area contributed by atoms with E-state index in [1.54, 1.807) is 23.1 Å². The highest BCUT2D eigenvalue weighted by molar-refractivity contribution is 6.34. The van der Waals surface area contributed by atoms with Crippen LogP contribution in [0, 0.1) is 5.41 Å². The van der Waals surface area contributed by atoms with Crippen molar-refractivity contribution in [1.82, 2.24) is 5.32 Å². The van der Waals surface area contributed by atoms with Gasteiger partial charge in [-0.15, -0.1) is 0 Å². The molecule has 2 N–H and O–H groups in total. The van der Waals surface area contributed by atoms with Crippen molar-refractivity contribution in [2.45, 2.75) is 19.8 Å². The molecule has 2 aliphatic rings. The van der Waals surface area contributed by atoms with Gasteiger partial charge in [-0.25, -0.2) is 4.79 Å². The summed E-state index contributed by atoms with van der Waals surface area (Å²) in [4.78, 5) is 25.2. The van der Waals surface area contributed by atoms with Crippen LogP contribution in [0.25, 0.3) is 0 Å². The van der Waals surface area contributed by atoms with E-state index in [4.69, 9.17) is 11.6 Å². The number of hydrogen-bond acceptors (Lipinski definition) is 2. The molecular weight excluding hydrogens is 278 g/mol. The van der Waals surface area contributed by atoms with E-state index in [0.29, 0.717) is 29.5 Å². The summed E-state index contributed by atoms with van der Waals surface area (Å²) in [6.45, 7) is 3.17. The predicted octanol–water partition coefficient (Wildman–Crippen LogP) is 2.61. The number of nitrogens with one attached hydrogen (secondary N) is 2. The van der Waals surface area contributed by atoms with Crippen molar-refractivity contribution >= 4 is 34.9 Å². The Morgan fingerprint density at radius 3 is 2.75 bits per heavy atom. The average molecular weight is 294 g/mol. The predicted molar refractivity (Wildman–Crippen MR) is 78.2 cm³/mol. The van der Waals surface area contributed by atoms with Gasteiger partial charge in [-0.3, -0.25) is 9.69 Å². The zero-order valence-electron chi connectivity index (χ0n) is 11.2. The maximum Gasteiger partial charge on any atom is 0.322 e. The molecule has 1 saturated carbocycles. The topological polar surface area (TPSA) is 61.4 Å². The van der Waals surface area contributed by atoms with Gasteiger partial charge in [0, 0.05) is 24.2 Å². The van der Waals surface area contributed by atoms with Crippen LogP contribution in [0.2, 0.25) is 5.02 Å². The van der Waals surface area contributed by atoms with Crippen molar-refractivity contribution in [3.63, 3.8) is 0 Å². The number of nitrogens with zero attached hydrogens (tertiary/aromatic N) is 1. The summed E-state index contributed by atoms with van der Waals surface area (Å²) in [5, 5.41) is 6.06. The first-order chi connectivity index (χ1) is 9.49. The molecule has 0 atom stereocenters. The van der Waals surface area contributed by atoms with Crippen LogP contribution < -0.4 is 15.5 Å². The quantitative estimate of drug-likeness (QED) is 0.900. The smallest absolute Gasteiger partial charge is 0.322 e. The lowest BCUT2D eigenvalue weighted by Crippen LogP contribution is -2.28. The SMILES string of the molecule is CC1(C(=O)Nc2ccc(N3CCNC3=O)c(Cl)c2)CC1. The molecule has 106 valence electrons. The Morgan fingerprint density at radius 1 is 1.45 bits per heavy atom. The minimum absolute atomic E-state index is 0.0280. The normalized spacial score (nSPS) is 19.7. The second kappa shape index (κ2) is 4.66. The third-order valence-electron chi connectivity index (χ3n) is 3.90. The number of halogens is 1. The number of hydrogen-bond donors (Lipinski definition) is 2. The molecular formula is C14H16ClN3O2. The molecule has 0 aromatic heterocycles. The van der Waals surface area contributed by atoms with Crippen LogP contribution in [-0.4, -0.2) is 25.0 Å². The minimum Gasteiger partial charge on any atom is -0.336 e. The van der Waals surface area contributed by atoms with Crippen LogP contribution in [0.5, 0.6) is 0 Å². The second-order valence-corrected chi connectivity index (χ2v) is 5.97. The van der Waals surface area contributed by atoms with Crippen LogP contribution in [0.15, 0.2) is 18.2 Å². The first-order valence-corrected chi connectivity index (χ1v) is 7.04. The zero-order chi connectivity index (χ0) is 14.3. The largest absolute Gasteiger partial charge is 0.336 e. The van der Waals surface area contributed by atoms with E-state index >= 15 is 0 Å². The Morgan fingerprint density at radius 2 is 2.20 bits per heavy atom. The number of carbonyl (C=O) groups excluding carboxylic acids is 2. The maximum absolute atomic E-state index is 12.0. The van der Waals surface area contributed by atoms with E-state index < -0.39 is 0 Å². The average Bonchev–Trinajstić information content (AvgIpc) is 3.02. The van der Waals surface area contributed by atoms with Gasteiger partial charge in [0.25, 0.3) is 0 Å². The first kappa shape index (κ1) is 13.2. The van der Waals surface area contributed by atoms with Crippen LogP contribution in [0.1, 0.15) is 19.8 Å². The molecule has 0 unspecified atom stereocenters. The molecule has 0 radical (unpaired) electrons. The maximum atomic E-state index is 12.0. The molecule has 1 aliphatic carbocycles. The zero-order valence-corrected chi connectivity index (χ0v) is 12.0. The molecule has 0 bridgehead atoms. The molecule has 1 heterocycles. The Bertz CT molecular complexity index is 584. The van der Waals surface area contributed by atoms with Gasteiger partial charge in [0.2, 0.25) is 5.91 Å². The molecule has 3 amide bonds. The van der Waals surface area contributed by atoms with E-state index in [-0.39, 0.29) is 17.4 Å². The summed E-state index contributed by atoms with van der Waals surface area (Å²) in [6, 6.07) is 5.08. The van der Waals surface area contributed by atoms with Gasteiger partial charge in [0.05, 0.1) is 10.7 Å². The summed E-state index contributed by atoms with van der Waals surface area (Å²) >= 11 is 6.22.